The van der Waals surface area contributed by atoms with Crippen LogP contribution < -0.4 is 0 Å². The van der Waals surface area contributed by atoms with Crippen LogP contribution in [0.3, 0.4) is 0 Å². The largest absolute Gasteiger partial charge is 0.275 e. The van der Waals surface area contributed by atoms with Gasteiger partial charge in [0.15, 0.2) is 10.8 Å². The predicted molar refractivity (Wildman–Crippen MR) is 100 cm³/mol. The van der Waals surface area contributed by atoms with E-state index in [1.165, 1.54) is 28.1 Å². The molecule has 0 radical (unpaired) electrons. The van der Waals surface area contributed by atoms with E-state index in [0.717, 1.165) is 5.56 Å². The molecule has 0 aliphatic rings. The highest BCUT2D eigenvalue weighted by Crippen LogP contribution is 2.33. The summed E-state index contributed by atoms with van der Waals surface area (Å²) in [6.07, 6.45) is 5.04. The summed E-state index contributed by atoms with van der Waals surface area (Å²) in [4.78, 5) is 4.57. The third kappa shape index (κ3) is 2.48. The maximum Gasteiger partial charge on any atom is 0.235 e. The summed E-state index contributed by atoms with van der Waals surface area (Å²) < 4.78 is 33.0. The van der Waals surface area contributed by atoms with Gasteiger partial charge in [0.1, 0.15) is 11.6 Å². The van der Waals surface area contributed by atoms with Gasteiger partial charge in [0.25, 0.3) is 0 Å². The molecule has 1 atom stereocenters. The van der Waals surface area contributed by atoms with Crippen molar-refractivity contribution in [1.82, 2.24) is 34.6 Å². The van der Waals surface area contributed by atoms with E-state index in [-0.39, 0.29) is 16.5 Å². The molecule has 0 spiro atoms. The highest BCUT2D eigenvalue weighted by molar-refractivity contribution is 7.19. The van der Waals surface area contributed by atoms with Crippen LogP contribution in [0, 0.1) is 11.6 Å². The van der Waals surface area contributed by atoms with Crippen LogP contribution in [0.15, 0.2) is 36.8 Å². The Hall–Kier alpha value is -3.27. The number of aromatic nitrogens is 7. The summed E-state index contributed by atoms with van der Waals surface area (Å²) in [5, 5.41) is 17.9. The Bertz CT molecular complexity index is 1340. The van der Waals surface area contributed by atoms with Crippen LogP contribution in [0.2, 0.25) is 0 Å². The number of hydrogen-bond donors (Lipinski definition) is 0. The highest BCUT2D eigenvalue weighted by Gasteiger charge is 2.26. The molecule has 0 N–H and O–H groups in total. The van der Waals surface area contributed by atoms with E-state index in [4.69, 9.17) is 0 Å². The van der Waals surface area contributed by atoms with Gasteiger partial charge in [-0.15, -0.1) is 10.2 Å². The van der Waals surface area contributed by atoms with Gasteiger partial charge in [-0.05, 0) is 12.1 Å². The summed E-state index contributed by atoms with van der Waals surface area (Å²) in [6, 6.07) is 4.44. The van der Waals surface area contributed by atoms with Gasteiger partial charge < -0.3 is 0 Å². The quantitative estimate of drug-likeness (QED) is 0.465. The van der Waals surface area contributed by atoms with Gasteiger partial charge in [-0.2, -0.15) is 14.7 Å². The van der Waals surface area contributed by atoms with Crippen LogP contribution in [-0.2, 0) is 7.05 Å². The fourth-order valence-corrected chi connectivity index (χ4v) is 4.06. The maximum absolute atomic E-state index is 15.1. The van der Waals surface area contributed by atoms with Crippen LogP contribution in [0.4, 0.5) is 8.78 Å². The lowest BCUT2D eigenvalue weighted by atomic mass is 9.97. The second kappa shape index (κ2) is 6.13. The lowest BCUT2D eigenvalue weighted by Crippen LogP contribution is -2.08. The number of halogens is 2. The SMILES string of the molecule is C[C@@H](c1c(F)cc2ncccc2c1F)c1nnc2sc(-c3cnn(C)c3)nn12. The molecular weight excluding hydrogens is 384 g/mol. The first-order valence-corrected chi connectivity index (χ1v) is 9.28. The second-order valence-electron chi connectivity index (χ2n) is 6.44. The molecule has 0 aliphatic heterocycles. The summed E-state index contributed by atoms with van der Waals surface area (Å²) in [6.45, 7) is 1.68. The average Bonchev–Trinajstić information content (AvgIpc) is 3.36. The number of benzene rings is 1. The molecule has 0 fully saturated rings. The molecule has 5 rings (SSSR count). The molecule has 0 unspecified atom stereocenters. The van der Waals surface area contributed by atoms with Gasteiger partial charge in [0.2, 0.25) is 4.96 Å². The predicted octanol–water partition coefficient (Wildman–Crippen LogP) is 3.56. The molecule has 0 aliphatic carbocycles. The van der Waals surface area contributed by atoms with Crippen molar-refractivity contribution in [2.75, 3.05) is 0 Å². The monoisotopic (exact) mass is 397 g/mol. The molecule has 0 bridgehead atoms. The number of fused-ring (bicyclic) bond motifs is 2. The molecule has 28 heavy (non-hydrogen) atoms. The van der Waals surface area contributed by atoms with Crippen LogP contribution in [-0.4, -0.2) is 34.6 Å². The first-order valence-electron chi connectivity index (χ1n) is 8.46. The third-order valence-electron chi connectivity index (χ3n) is 4.62. The first-order chi connectivity index (χ1) is 13.5. The van der Waals surface area contributed by atoms with E-state index >= 15 is 4.39 Å². The Kier molecular flexibility index (Phi) is 3.69. The van der Waals surface area contributed by atoms with E-state index in [9.17, 15) is 4.39 Å². The van der Waals surface area contributed by atoms with Crippen molar-refractivity contribution in [1.29, 1.82) is 0 Å². The van der Waals surface area contributed by atoms with Gasteiger partial charge in [-0.1, -0.05) is 18.3 Å². The zero-order chi connectivity index (χ0) is 19.4. The maximum atomic E-state index is 15.1. The minimum absolute atomic E-state index is 0.0780. The Morgan fingerprint density at radius 1 is 1.21 bits per heavy atom. The van der Waals surface area contributed by atoms with Crippen LogP contribution in [0.5, 0.6) is 0 Å². The lowest BCUT2D eigenvalue weighted by molar-refractivity contribution is 0.547. The minimum atomic E-state index is -0.691. The van der Waals surface area contributed by atoms with Gasteiger partial charge in [0.05, 0.1) is 17.3 Å². The molecule has 4 heterocycles. The summed E-state index contributed by atoms with van der Waals surface area (Å²) in [5.74, 6) is -1.64. The molecule has 0 amide bonds. The minimum Gasteiger partial charge on any atom is -0.275 e. The lowest BCUT2D eigenvalue weighted by Gasteiger charge is -2.13. The number of rotatable bonds is 3. The summed E-state index contributed by atoms with van der Waals surface area (Å²) >= 11 is 1.34. The van der Waals surface area contributed by atoms with Crippen molar-refractivity contribution in [2.45, 2.75) is 12.8 Å². The second-order valence-corrected chi connectivity index (χ2v) is 7.40. The van der Waals surface area contributed by atoms with Gasteiger partial charge >= 0.3 is 0 Å². The fourth-order valence-electron chi connectivity index (χ4n) is 3.24. The standard InChI is InChI=1S/C18H13F2N7S/c1-9(14-12(19)6-13-11(15(14)20)4-3-5-21-13)16-23-24-18-27(16)25-17(28-18)10-7-22-26(2)8-10/h3-9H,1-2H3/t9-/m0/s1. The zero-order valence-electron chi connectivity index (χ0n) is 14.8. The van der Waals surface area contributed by atoms with E-state index in [1.54, 1.807) is 29.9 Å². The molecule has 0 saturated carbocycles. The molecule has 1 aromatic carbocycles. The van der Waals surface area contributed by atoms with Gasteiger partial charge in [-0.25, -0.2) is 8.78 Å². The third-order valence-corrected chi connectivity index (χ3v) is 5.57. The summed E-state index contributed by atoms with van der Waals surface area (Å²) in [5.41, 5.74) is 1.03. The van der Waals surface area contributed by atoms with Gasteiger partial charge in [0, 0.05) is 42.4 Å². The number of hydrogen-bond acceptors (Lipinski definition) is 6. The molecule has 140 valence electrons. The molecule has 10 heteroatoms. The molecule has 5 aromatic rings. The number of nitrogens with zero attached hydrogens (tertiary/aromatic N) is 7. The fraction of sp³-hybridized carbons (Fsp3) is 0.167. The van der Waals surface area contributed by atoms with Crippen molar-refractivity contribution < 1.29 is 8.78 Å². The van der Waals surface area contributed by atoms with Crippen LogP contribution in [0.25, 0.3) is 26.4 Å². The zero-order valence-corrected chi connectivity index (χ0v) is 15.7. The smallest absolute Gasteiger partial charge is 0.235 e. The first kappa shape index (κ1) is 16.9. The van der Waals surface area contributed by atoms with Crippen molar-refractivity contribution in [3.05, 3.63) is 59.8 Å². The van der Waals surface area contributed by atoms with E-state index in [1.807, 2.05) is 13.2 Å². The molecule has 0 saturated heterocycles. The van der Waals surface area contributed by atoms with Crippen molar-refractivity contribution in [3.63, 3.8) is 0 Å². The number of aryl methyl sites for hydroxylation is 1. The Morgan fingerprint density at radius 3 is 2.86 bits per heavy atom. The van der Waals surface area contributed by atoms with Crippen molar-refractivity contribution in [3.8, 4) is 10.6 Å². The average molecular weight is 397 g/mol. The Labute approximate surface area is 161 Å². The van der Waals surface area contributed by atoms with Gasteiger partial charge in [-0.3, -0.25) is 9.67 Å². The normalized spacial score (nSPS) is 12.9. The van der Waals surface area contributed by atoms with Crippen LogP contribution in [0.1, 0.15) is 24.2 Å². The van der Waals surface area contributed by atoms with Crippen molar-refractivity contribution in [2.24, 2.45) is 7.05 Å². The van der Waals surface area contributed by atoms with Crippen LogP contribution >= 0.6 is 11.3 Å². The Morgan fingerprint density at radius 2 is 2.07 bits per heavy atom. The van der Waals surface area contributed by atoms with E-state index in [0.29, 0.717) is 15.8 Å². The molecular formula is C18H13F2N7S. The number of pyridine rings is 1. The molecule has 7 nitrogen and oxygen atoms in total. The van der Waals surface area contributed by atoms with E-state index in [2.05, 4.69) is 25.4 Å². The topological polar surface area (TPSA) is 73.8 Å². The summed E-state index contributed by atoms with van der Waals surface area (Å²) in [7, 11) is 1.82. The van der Waals surface area contributed by atoms with E-state index < -0.39 is 17.6 Å². The Balaban J connectivity index is 1.64. The molecule has 4 aromatic heterocycles. The highest BCUT2D eigenvalue weighted by atomic mass is 32.1. The van der Waals surface area contributed by atoms with Crippen molar-refractivity contribution >= 4 is 27.2 Å².